The predicted octanol–water partition coefficient (Wildman–Crippen LogP) is 6.35. The van der Waals surface area contributed by atoms with E-state index in [2.05, 4.69) is 10.2 Å². The van der Waals surface area contributed by atoms with E-state index in [1.54, 1.807) is 0 Å². The van der Waals surface area contributed by atoms with E-state index in [0.29, 0.717) is 30.8 Å². The van der Waals surface area contributed by atoms with E-state index in [0.717, 1.165) is 40.9 Å². The van der Waals surface area contributed by atoms with Crippen molar-refractivity contribution in [2.24, 2.45) is 0 Å². The molecule has 230 valence electrons. The minimum atomic E-state index is -2.02. The Labute approximate surface area is 271 Å². The number of amides is 1. The van der Waals surface area contributed by atoms with Gasteiger partial charge in [-0.15, -0.1) is 0 Å². The maximum Gasteiger partial charge on any atom is 0.272 e. The first kappa shape index (κ1) is 32.5. The lowest BCUT2D eigenvalue weighted by Crippen LogP contribution is -2.46. The first-order valence-electron chi connectivity index (χ1n) is 14.2. The second-order valence-electron chi connectivity index (χ2n) is 11.1. The first-order valence-corrected chi connectivity index (χ1v) is 15.7. The summed E-state index contributed by atoms with van der Waals surface area (Å²) in [5, 5.41) is 24.1. The van der Waals surface area contributed by atoms with Gasteiger partial charge in [0, 0.05) is 43.2 Å². The highest BCUT2D eigenvalue weighted by Crippen LogP contribution is 2.39. The molecule has 3 N–H and O–H groups in total. The summed E-state index contributed by atoms with van der Waals surface area (Å²) < 4.78 is 10.9. The standard InChI is InChI=1S/C32H34Cl4N2O5/c33-26-11-9-25(10-12-26)31(41)13-15-38(16-14-31)19-27-17-28(23-5-3-22(20-39)4-6-23)43-29(42-27)24-7-1-21(2-8-24)18-37-30(40)32(34,35)36/h1-12,27-29,39,41H,13-20H2,(H,37,40). The molecule has 0 aromatic heterocycles. The number of aliphatic hydroxyl groups is 2. The van der Waals surface area contributed by atoms with Crippen LogP contribution in [0.15, 0.2) is 72.8 Å². The van der Waals surface area contributed by atoms with Gasteiger partial charge in [-0.3, -0.25) is 4.79 Å². The maximum atomic E-state index is 11.9. The zero-order valence-electron chi connectivity index (χ0n) is 23.4. The van der Waals surface area contributed by atoms with Gasteiger partial charge < -0.3 is 29.9 Å². The maximum absolute atomic E-state index is 11.9. The number of ether oxygens (including phenoxy) is 2. The summed E-state index contributed by atoms with van der Waals surface area (Å²) in [6.07, 6.45) is 0.949. The molecular formula is C32H34Cl4N2O5. The summed E-state index contributed by atoms with van der Waals surface area (Å²) in [6, 6.07) is 22.8. The lowest BCUT2D eigenvalue weighted by molar-refractivity contribution is -0.253. The Hall–Kier alpha value is -1.91. The zero-order valence-corrected chi connectivity index (χ0v) is 26.4. The van der Waals surface area contributed by atoms with Gasteiger partial charge in [0.1, 0.15) is 0 Å². The molecule has 2 aliphatic rings. The molecule has 5 rings (SSSR count). The first-order chi connectivity index (χ1) is 20.5. The number of piperidine rings is 1. The molecule has 2 saturated heterocycles. The Balaban J connectivity index is 1.26. The van der Waals surface area contributed by atoms with Crippen molar-refractivity contribution in [2.45, 2.75) is 60.3 Å². The monoisotopic (exact) mass is 666 g/mol. The number of nitrogens with one attached hydrogen (secondary N) is 1. The quantitative estimate of drug-likeness (QED) is 0.243. The Morgan fingerprint density at radius 3 is 2.12 bits per heavy atom. The number of hydrogen-bond donors (Lipinski definition) is 3. The molecule has 1 amide bonds. The topological polar surface area (TPSA) is 91.3 Å². The van der Waals surface area contributed by atoms with Crippen molar-refractivity contribution in [3.05, 3.63) is 106 Å². The number of carbonyl (C=O) groups is 1. The highest BCUT2D eigenvalue weighted by atomic mass is 35.6. The number of carbonyl (C=O) groups excluding carboxylic acids is 1. The van der Waals surface area contributed by atoms with E-state index in [1.807, 2.05) is 72.8 Å². The number of rotatable bonds is 8. The lowest BCUT2D eigenvalue weighted by atomic mass is 9.84. The van der Waals surface area contributed by atoms with Crippen LogP contribution < -0.4 is 5.32 Å². The molecule has 7 nitrogen and oxygen atoms in total. The van der Waals surface area contributed by atoms with E-state index in [-0.39, 0.29) is 25.4 Å². The molecule has 0 radical (unpaired) electrons. The number of alkyl halides is 3. The predicted molar refractivity (Wildman–Crippen MR) is 168 cm³/mol. The van der Waals surface area contributed by atoms with Crippen molar-refractivity contribution in [3.8, 4) is 0 Å². The number of halogens is 4. The largest absolute Gasteiger partial charge is 0.392 e. The fraction of sp³-hybridized carbons (Fsp3) is 0.406. The van der Waals surface area contributed by atoms with Gasteiger partial charge in [-0.2, -0.15) is 0 Å². The van der Waals surface area contributed by atoms with Crippen LogP contribution in [-0.4, -0.2) is 50.6 Å². The van der Waals surface area contributed by atoms with E-state index < -0.39 is 21.6 Å². The lowest BCUT2D eigenvalue weighted by Gasteiger charge is -2.42. The van der Waals surface area contributed by atoms with Gasteiger partial charge in [-0.25, -0.2) is 0 Å². The average molecular weight is 668 g/mol. The summed E-state index contributed by atoms with van der Waals surface area (Å²) in [7, 11) is 0. The third-order valence-corrected chi connectivity index (χ3v) is 8.87. The van der Waals surface area contributed by atoms with Crippen molar-refractivity contribution in [1.82, 2.24) is 10.2 Å². The normalized spacial score (nSPS) is 22.7. The second-order valence-corrected chi connectivity index (χ2v) is 13.8. The average Bonchev–Trinajstić information content (AvgIpc) is 3.01. The third-order valence-electron chi connectivity index (χ3n) is 8.10. The summed E-state index contributed by atoms with van der Waals surface area (Å²) in [5.41, 5.74) is 3.53. The van der Waals surface area contributed by atoms with Crippen molar-refractivity contribution in [3.63, 3.8) is 0 Å². The van der Waals surface area contributed by atoms with Crippen LogP contribution in [0, 0.1) is 0 Å². The van der Waals surface area contributed by atoms with Gasteiger partial charge in [0.2, 0.25) is 0 Å². The molecule has 2 aliphatic heterocycles. The van der Waals surface area contributed by atoms with E-state index >= 15 is 0 Å². The van der Waals surface area contributed by atoms with Crippen molar-refractivity contribution < 1.29 is 24.5 Å². The molecular weight excluding hydrogens is 634 g/mol. The Bertz CT molecular complexity index is 1360. The molecule has 3 aromatic carbocycles. The van der Waals surface area contributed by atoms with Crippen LogP contribution in [-0.2, 0) is 33.0 Å². The fourth-order valence-corrected chi connectivity index (χ4v) is 5.88. The number of nitrogens with zero attached hydrogens (tertiary/aromatic N) is 1. The van der Waals surface area contributed by atoms with Crippen molar-refractivity contribution in [2.75, 3.05) is 19.6 Å². The molecule has 0 saturated carbocycles. The van der Waals surface area contributed by atoms with Crippen LogP contribution >= 0.6 is 46.4 Å². The minimum Gasteiger partial charge on any atom is -0.392 e. The second kappa shape index (κ2) is 14.0. The van der Waals surface area contributed by atoms with Gasteiger partial charge in [0.25, 0.3) is 9.70 Å². The van der Waals surface area contributed by atoms with E-state index in [9.17, 15) is 15.0 Å². The highest BCUT2D eigenvalue weighted by Gasteiger charge is 2.37. The molecule has 3 unspecified atom stereocenters. The molecule has 3 atom stereocenters. The molecule has 3 aromatic rings. The summed E-state index contributed by atoms with van der Waals surface area (Å²) in [4.78, 5) is 14.2. The number of aliphatic hydroxyl groups excluding tert-OH is 1. The number of benzene rings is 3. The van der Waals surface area contributed by atoms with Gasteiger partial charge in [0.05, 0.1) is 24.4 Å². The van der Waals surface area contributed by atoms with Crippen LogP contribution in [0.4, 0.5) is 0 Å². The summed E-state index contributed by atoms with van der Waals surface area (Å²) in [5.74, 6) is -0.692. The van der Waals surface area contributed by atoms with Gasteiger partial charge in [-0.05, 0) is 47.2 Å². The van der Waals surface area contributed by atoms with E-state index in [1.165, 1.54) is 0 Å². The van der Waals surface area contributed by atoms with Crippen LogP contribution in [0.1, 0.15) is 59.5 Å². The van der Waals surface area contributed by atoms with Crippen LogP contribution in [0.2, 0.25) is 5.02 Å². The molecule has 2 heterocycles. The molecule has 0 spiro atoms. The summed E-state index contributed by atoms with van der Waals surface area (Å²) >= 11 is 23.0. The number of likely N-dealkylation sites (tertiary alicyclic amines) is 1. The van der Waals surface area contributed by atoms with Crippen LogP contribution in [0.5, 0.6) is 0 Å². The van der Waals surface area contributed by atoms with E-state index in [4.69, 9.17) is 55.9 Å². The molecule has 43 heavy (non-hydrogen) atoms. The number of hydrogen-bond acceptors (Lipinski definition) is 6. The third kappa shape index (κ3) is 8.42. The molecule has 0 bridgehead atoms. The molecule has 11 heteroatoms. The van der Waals surface area contributed by atoms with Gasteiger partial charge in [0.15, 0.2) is 6.29 Å². The van der Waals surface area contributed by atoms with Gasteiger partial charge >= 0.3 is 0 Å². The highest BCUT2D eigenvalue weighted by molar-refractivity contribution is 6.76. The van der Waals surface area contributed by atoms with Gasteiger partial charge in [-0.1, -0.05) is 107 Å². The summed E-state index contributed by atoms with van der Waals surface area (Å²) in [6.45, 7) is 2.35. The van der Waals surface area contributed by atoms with Crippen molar-refractivity contribution in [1.29, 1.82) is 0 Å². The van der Waals surface area contributed by atoms with Crippen LogP contribution in [0.25, 0.3) is 0 Å². The molecule has 2 fully saturated rings. The SMILES string of the molecule is O=C(NCc1ccc(C2OC(CN3CCC(O)(c4ccc(Cl)cc4)CC3)CC(c3ccc(CO)cc3)O2)cc1)C(Cl)(Cl)Cl. The smallest absolute Gasteiger partial charge is 0.272 e. The Kier molecular flexibility index (Phi) is 10.6. The Morgan fingerprint density at radius 2 is 1.51 bits per heavy atom. The minimum absolute atomic E-state index is 0.0219. The zero-order chi connectivity index (χ0) is 30.6. The Morgan fingerprint density at radius 1 is 0.907 bits per heavy atom. The fourth-order valence-electron chi connectivity index (χ4n) is 5.55. The van der Waals surface area contributed by atoms with Crippen LogP contribution in [0.3, 0.4) is 0 Å². The molecule has 0 aliphatic carbocycles. The van der Waals surface area contributed by atoms with Crippen molar-refractivity contribution >= 4 is 52.3 Å².